The van der Waals surface area contributed by atoms with Gasteiger partial charge in [0.05, 0.1) is 4.90 Å². The van der Waals surface area contributed by atoms with E-state index < -0.39 is 5.95 Å². The van der Waals surface area contributed by atoms with Crippen LogP contribution >= 0.6 is 12.0 Å². The van der Waals surface area contributed by atoms with Crippen molar-refractivity contribution in [2.45, 2.75) is 4.90 Å². The Balaban J connectivity index is 3.01. The van der Waals surface area contributed by atoms with E-state index in [2.05, 4.69) is 4.98 Å². The first-order valence-corrected chi connectivity index (χ1v) is 3.04. The number of aromatic nitrogens is 1. The summed E-state index contributed by atoms with van der Waals surface area (Å²) in [7, 11) is 0. The molecule has 0 spiro atoms. The van der Waals surface area contributed by atoms with E-state index >= 15 is 0 Å². The molecule has 4 heteroatoms. The van der Waals surface area contributed by atoms with Crippen molar-refractivity contribution in [2.24, 2.45) is 0 Å². The molecule has 0 aliphatic heterocycles. The van der Waals surface area contributed by atoms with E-state index in [1.54, 1.807) is 6.07 Å². The minimum Gasteiger partial charge on any atom is -0.325 e. The van der Waals surface area contributed by atoms with Gasteiger partial charge in [0, 0.05) is 18.2 Å². The molecule has 1 heterocycles. The second kappa shape index (κ2) is 2.80. The Morgan fingerprint density at radius 2 is 2.44 bits per heavy atom. The molecule has 0 atom stereocenters. The van der Waals surface area contributed by atoms with Gasteiger partial charge in [-0.15, -0.1) is 0 Å². The summed E-state index contributed by atoms with van der Waals surface area (Å²) in [5.74, 6) is -0.634. The Morgan fingerprint density at radius 3 is 2.89 bits per heavy atom. The van der Waals surface area contributed by atoms with E-state index in [1.807, 2.05) is 0 Å². The summed E-state index contributed by atoms with van der Waals surface area (Å²) in [4.78, 5) is 3.45. The molecule has 0 aliphatic carbocycles. The number of halogens is 1. The van der Waals surface area contributed by atoms with Gasteiger partial charge in [-0.1, -0.05) is 0 Å². The average Bonchev–Trinajstić information content (AvgIpc) is 1.89. The standard InChI is InChI=1S/C5H4FNOS/c6-5-4(9-8)2-1-3-7-5/h1-3,8H. The SMILES string of the molecule is OSc1cccnc1F. The lowest BCUT2D eigenvalue weighted by Gasteiger charge is -1.91. The number of rotatable bonds is 1. The molecule has 9 heavy (non-hydrogen) atoms. The van der Waals surface area contributed by atoms with Crippen molar-refractivity contribution in [3.8, 4) is 0 Å². The molecule has 1 aromatic rings. The summed E-state index contributed by atoms with van der Waals surface area (Å²) >= 11 is 0.358. The zero-order valence-electron chi connectivity index (χ0n) is 4.41. The van der Waals surface area contributed by atoms with Gasteiger partial charge in [0.2, 0.25) is 5.95 Å². The maximum atomic E-state index is 12.3. The molecule has 0 fully saturated rings. The molecule has 2 nitrogen and oxygen atoms in total. The van der Waals surface area contributed by atoms with Gasteiger partial charge in [-0.2, -0.15) is 4.39 Å². The third-order valence-electron chi connectivity index (χ3n) is 0.823. The van der Waals surface area contributed by atoms with E-state index in [0.29, 0.717) is 12.0 Å². The van der Waals surface area contributed by atoms with Crippen LogP contribution in [0.1, 0.15) is 0 Å². The maximum Gasteiger partial charge on any atom is 0.228 e. The van der Waals surface area contributed by atoms with Crippen LogP contribution in [-0.2, 0) is 0 Å². The van der Waals surface area contributed by atoms with Crippen molar-refractivity contribution in [1.29, 1.82) is 0 Å². The van der Waals surface area contributed by atoms with Crippen LogP contribution < -0.4 is 0 Å². The number of hydrogen-bond donors (Lipinski definition) is 1. The number of nitrogens with zero attached hydrogens (tertiary/aromatic N) is 1. The number of pyridine rings is 1. The zero-order valence-corrected chi connectivity index (χ0v) is 5.23. The molecular weight excluding hydrogens is 141 g/mol. The fourth-order valence-electron chi connectivity index (χ4n) is 0.439. The summed E-state index contributed by atoms with van der Waals surface area (Å²) in [6.07, 6.45) is 1.33. The molecular formula is C5H4FNOS. The monoisotopic (exact) mass is 145 g/mol. The molecule has 0 aromatic carbocycles. The first-order chi connectivity index (χ1) is 4.34. The second-order valence-electron chi connectivity index (χ2n) is 1.38. The molecule has 0 saturated carbocycles. The average molecular weight is 145 g/mol. The van der Waals surface area contributed by atoms with Crippen molar-refractivity contribution in [1.82, 2.24) is 4.98 Å². The van der Waals surface area contributed by atoms with Crippen LogP contribution in [0.4, 0.5) is 4.39 Å². The first kappa shape index (κ1) is 6.51. The van der Waals surface area contributed by atoms with Crippen LogP contribution in [0.2, 0.25) is 0 Å². The normalized spacial score (nSPS) is 9.56. The Hall–Kier alpha value is -0.610. The van der Waals surface area contributed by atoms with Crippen LogP contribution in [0.25, 0.3) is 0 Å². The molecule has 0 amide bonds. The van der Waals surface area contributed by atoms with Crippen molar-refractivity contribution >= 4 is 12.0 Å². The second-order valence-corrected chi connectivity index (χ2v) is 2.01. The topological polar surface area (TPSA) is 33.1 Å². The van der Waals surface area contributed by atoms with Gasteiger partial charge >= 0.3 is 0 Å². The molecule has 0 saturated heterocycles. The highest BCUT2D eigenvalue weighted by Crippen LogP contribution is 2.14. The molecule has 1 N–H and O–H groups in total. The van der Waals surface area contributed by atoms with Crippen molar-refractivity contribution in [3.63, 3.8) is 0 Å². The van der Waals surface area contributed by atoms with Crippen LogP contribution in [0.3, 0.4) is 0 Å². The zero-order chi connectivity index (χ0) is 6.69. The molecule has 48 valence electrons. The summed E-state index contributed by atoms with van der Waals surface area (Å²) < 4.78 is 20.7. The predicted octanol–water partition coefficient (Wildman–Crippen LogP) is 1.79. The Bertz CT molecular complexity index is 206. The van der Waals surface area contributed by atoms with E-state index in [0.717, 1.165) is 0 Å². The van der Waals surface area contributed by atoms with Gasteiger partial charge in [-0.3, -0.25) is 0 Å². The highest BCUT2D eigenvalue weighted by Gasteiger charge is 1.98. The lowest BCUT2D eigenvalue weighted by molar-refractivity contribution is 0.550. The Kier molecular flexibility index (Phi) is 2.02. The molecule has 0 unspecified atom stereocenters. The minimum atomic E-state index is -0.634. The Morgan fingerprint density at radius 1 is 1.67 bits per heavy atom. The fraction of sp³-hybridized carbons (Fsp3) is 0. The van der Waals surface area contributed by atoms with Crippen LogP contribution in [0, 0.1) is 5.95 Å². The number of hydrogen-bond acceptors (Lipinski definition) is 3. The molecule has 1 rings (SSSR count). The third kappa shape index (κ3) is 1.40. The van der Waals surface area contributed by atoms with Gasteiger partial charge in [-0.25, -0.2) is 4.98 Å². The lowest BCUT2D eigenvalue weighted by atomic mass is 10.5. The molecule has 0 bridgehead atoms. The van der Waals surface area contributed by atoms with Gasteiger partial charge in [0.15, 0.2) is 0 Å². The summed E-state index contributed by atoms with van der Waals surface area (Å²) in [5, 5.41) is 0. The summed E-state index contributed by atoms with van der Waals surface area (Å²) in [6.45, 7) is 0. The maximum absolute atomic E-state index is 12.3. The summed E-state index contributed by atoms with van der Waals surface area (Å²) in [6, 6.07) is 3.01. The largest absolute Gasteiger partial charge is 0.325 e. The first-order valence-electron chi connectivity index (χ1n) is 2.26. The highest BCUT2D eigenvalue weighted by atomic mass is 32.2. The molecule has 0 radical (unpaired) electrons. The van der Waals surface area contributed by atoms with Crippen LogP contribution in [0.15, 0.2) is 23.2 Å². The molecule has 0 aliphatic rings. The summed E-state index contributed by atoms with van der Waals surface area (Å²) in [5.41, 5.74) is 0. The smallest absolute Gasteiger partial charge is 0.228 e. The van der Waals surface area contributed by atoms with Gasteiger partial charge < -0.3 is 4.55 Å². The third-order valence-corrected chi connectivity index (χ3v) is 1.32. The minimum absolute atomic E-state index is 0.150. The predicted molar refractivity (Wildman–Crippen MR) is 32.7 cm³/mol. The highest BCUT2D eigenvalue weighted by molar-refractivity contribution is 7.93. The van der Waals surface area contributed by atoms with Crippen molar-refractivity contribution in [2.75, 3.05) is 0 Å². The van der Waals surface area contributed by atoms with E-state index in [9.17, 15) is 4.39 Å². The van der Waals surface area contributed by atoms with Gasteiger partial charge in [0.25, 0.3) is 0 Å². The molecule has 1 aromatic heterocycles. The van der Waals surface area contributed by atoms with Crippen molar-refractivity contribution < 1.29 is 8.94 Å². The van der Waals surface area contributed by atoms with Crippen LogP contribution in [0.5, 0.6) is 0 Å². The van der Waals surface area contributed by atoms with Crippen molar-refractivity contribution in [3.05, 3.63) is 24.3 Å². The quantitative estimate of drug-likeness (QED) is 0.483. The lowest BCUT2D eigenvalue weighted by Crippen LogP contribution is -1.82. The fourth-order valence-corrected chi connectivity index (χ4v) is 0.707. The Labute approximate surface area is 55.9 Å². The van der Waals surface area contributed by atoms with E-state index in [-0.39, 0.29) is 4.90 Å². The van der Waals surface area contributed by atoms with Crippen LogP contribution in [-0.4, -0.2) is 9.54 Å². The van der Waals surface area contributed by atoms with E-state index in [4.69, 9.17) is 4.55 Å². The van der Waals surface area contributed by atoms with Gasteiger partial charge in [-0.05, 0) is 12.1 Å². The van der Waals surface area contributed by atoms with E-state index in [1.165, 1.54) is 12.3 Å². The van der Waals surface area contributed by atoms with Gasteiger partial charge in [0.1, 0.15) is 0 Å².